The standard InChI is InChI=1S/C20H24N4O/c1-22-14-19(25)24(18-5-3-2-4-6-18)16-20(22)9-12-23(15-20)13-17-7-10-21-11-8-17/h2-8,10-11H,9,12-16H2,1H3/t20-/m0/s1. The Labute approximate surface area is 148 Å². The minimum absolute atomic E-state index is 0.0385. The molecule has 0 radical (unpaired) electrons. The van der Waals surface area contributed by atoms with Crippen LogP contribution < -0.4 is 4.90 Å². The van der Waals surface area contributed by atoms with Gasteiger partial charge in [0.15, 0.2) is 0 Å². The number of nitrogens with zero attached hydrogens (tertiary/aromatic N) is 4. The first-order valence-corrected chi connectivity index (χ1v) is 8.84. The monoisotopic (exact) mass is 336 g/mol. The van der Waals surface area contributed by atoms with Gasteiger partial charge in [-0.3, -0.25) is 19.6 Å². The maximum absolute atomic E-state index is 12.6. The highest BCUT2D eigenvalue weighted by atomic mass is 16.2. The Balaban J connectivity index is 1.51. The number of pyridine rings is 1. The number of carbonyl (C=O) groups excluding carboxylic acids is 1. The van der Waals surface area contributed by atoms with E-state index in [9.17, 15) is 4.79 Å². The summed E-state index contributed by atoms with van der Waals surface area (Å²) < 4.78 is 0. The van der Waals surface area contributed by atoms with Crippen molar-refractivity contribution < 1.29 is 4.79 Å². The SMILES string of the molecule is CN1CC(=O)N(c2ccccc2)C[C@@]12CCN(Cc1ccncc1)C2. The number of carbonyl (C=O) groups is 1. The molecule has 1 aromatic carbocycles. The zero-order chi connectivity index (χ0) is 17.3. The van der Waals surface area contributed by atoms with Gasteiger partial charge in [-0.2, -0.15) is 0 Å². The van der Waals surface area contributed by atoms with E-state index in [0.717, 1.165) is 38.3 Å². The van der Waals surface area contributed by atoms with Crippen molar-refractivity contribution in [2.75, 3.05) is 38.1 Å². The largest absolute Gasteiger partial charge is 0.309 e. The first-order chi connectivity index (χ1) is 12.2. The van der Waals surface area contributed by atoms with Crippen molar-refractivity contribution in [3.8, 4) is 0 Å². The molecule has 0 bridgehead atoms. The molecule has 0 aliphatic carbocycles. The van der Waals surface area contributed by atoms with Crippen LogP contribution in [0.4, 0.5) is 5.69 Å². The molecule has 2 aliphatic rings. The molecule has 4 rings (SSSR count). The van der Waals surface area contributed by atoms with E-state index in [-0.39, 0.29) is 11.4 Å². The number of para-hydroxylation sites is 1. The molecular formula is C20H24N4O. The van der Waals surface area contributed by atoms with Crippen molar-refractivity contribution >= 4 is 11.6 Å². The number of likely N-dealkylation sites (N-methyl/N-ethyl adjacent to an activating group) is 1. The molecule has 1 amide bonds. The van der Waals surface area contributed by atoms with E-state index in [4.69, 9.17) is 0 Å². The first kappa shape index (κ1) is 16.2. The minimum atomic E-state index is 0.0385. The van der Waals surface area contributed by atoms with E-state index >= 15 is 0 Å². The lowest BCUT2D eigenvalue weighted by atomic mass is 9.92. The van der Waals surface area contributed by atoms with Gasteiger partial charge in [-0.05, 0) is 43.3 Å². The normalized spacial score (nSPS) is 25.0. The molecule has 5 nitrogen and oxygen atoms in total. The summed E-state index contributed by atoms with van der Waals surface area (Å²) in [7, 11) is 2.09. The van der Waals surface area contributed by atoms with E-state index in [1.165, 1.54) is 5.56 Å². The lowest BCUT2D eigenvalue weighted by molar-refractivity contribution is -0.123. The van der Waals surface area contributed by atoms with Crippen LogP contribution in [0.3, 0.4) is 0 Å². The molecule has 1 spiro atoms. The molecule has 0 N–H and O–H groups in total. The fourth-order valence-electron chi connectivity index (χ4n) is 4.06. The third kappa shape index (κ3) is 3.17. The molecule has 2 saturated heterocycles. The molecule has 1 aromatic heterocycles. The topological polar surface area (TPSA) is 39.7 Å². The second kappa shape index (κ2) is 6.58. The van der Waals surface area contributed by atoms with Crippen LogP contribution in [0.15, 0.2) is 54.9 Å². The highest BCUT2D eigenvalue weighted by Crippen LogP contribution is 2.33. The zero-order valence-corrected chi connectivity index (χ0v) is 14.6. The Morgan fingerprint density at radius 2 is 1.84 bits per heavy atom. The average molecular weight is 336 g/mol. The number of amides is 1. The summed E-state index contributed by atoms with van der Waals surface area (Å²) in [5.41, 5.74) is 2.34. The number of aromatic nitrogens is 1. The second-order valence-corrected chi connectivity index (χ2v) is 7.21. The van der Waals surface area contributed by atoms with Crippen molar-refractivity contribution in [3.63, 3.8) is 0 Å². The lowest BCUT2D eigenvalue weighted by Gasteiger charge is -2.47. The van der Waals surface area contributed by atoms with Crippen molar-refractivity contribution in [1.29, 1.82) is 0 Å². The van der Waals surface area contributed by atoms with Crippen molar-refractivity contribution in [1.82, 2.24) is 14.8 Å². The van der Waals surface area contributed by atoms with Gasteiger partial charge in [0.2, 0.25) is 5.91 Å². The summed E-state index contributed by atoms with van der Waals surface area (Å²) in [5.74, 6) is 0.187. The Morgan fingerprint density at radius 3 is 2.60 bits per heavy atom. The van der Waals surface area contributed by atoms with E-state index in [0.29, 0.717) is 6.54 Å². The fourth-order valence-corrected chi connectivity index (χ4v) is 4.06. The maximum Gasteiger partial charge on any atom is 0.241 e. The molecule has 2 fully saturated rings. The molecule has 0 unspecified atom stereocenters. The predicted molar refractivity (Wildman–Crippen MR) is 98.3 cm³/mol. The summed E-state index contributed by atoms with van der Waals surface area (Å²) >= 11 is 0. The van der Waals surface area contributed by atoms with Crippen molar-refractivity contribution in [2.45, 2.75) is 18.5 Å². The van der Waals surface area contributed by atoms with Crippen molar-refractivity contribution in [2.24, 2.45) is 0 Å². The number of hydrogen-bond donors (Lipinski definition) is 0. The third-order valence-electron chi connectivity index (χ3n) is 5.57. The molecule has 3 heterocycles. The van der Waals surface area contributed by atoms with Gasteiger partial charge in [-0.15, -0.1) is 0 Å². The van der Waals surface area contributed by atoms with E-state index in [2.05, 4.69) is 34.0 Å². The summed E-state index contributed by atoms with van der Waals surface area (Å²) in [6.07, 6.45) is 4.79. The predicted octanol–water partition coefficient (Wildman–Crippen LogP) is 2.00. The van der Waals surface area contributed by atoms with Gasteiger partial charge in [-0.1, -0.05) is 18.2 Å². The number of rotatable bonds is 3. The van der Waals surface area contributed by atoms with Crippen LogP contribution in [0.1, 0.15) is 12.0 Å². The number of benzene rings is 1. The third-order valence-corrected chi connectivity index (χ3v) is 5.57. The highest BCUT2D eigenvalue weighted by Gasteiger charge is 2.47. The fraction of sp³-hybridized carbons (Fsp3) is 0.400. The number of hydrogen-bond acceptors (Lipinski definition) is 4. The average Bonchev–Trinajstić information content (AvgIpc) is 3.04. The van der Waals surface area contributed by atoms with Gasteiger partial charge >= 0.3 is 0 Å². The molecule has 25 heavy (non-hydrogen) atoms. The van der Waals surface area contributed by atoms with Crippen LogP contribution in [0.5, 0.6) is 0 Å². The summed E-state index contributed by atoms with van der Waals surface area (Å²) in [6, 6.07) is 14.2. The Kier molecular flexibility index (Phi) is 4.27. The molecule has 5 heteroatoms. The summed E-state index contributed by atoms with van der Waals surface area (Å²) in [4.78, 5) is 23.4. The van der Waals surface area contributed by atoms with Gasteiger partial charge in [0.05, 0.1) is 12.1 Å². The zero-order valence-electron chi connectivity index (χ0n) is 14.6. The number of piperazine rings is 1. The Hall–Kier alpha value is -2.24. The number of likely N-dealkylation sites (tertiary alicyclic amines) is 1. The summed E-state index contributed by atoms with van der Waals surface area (Å²) in [5, 5.41) is 0. The van der Waals surface area contributed by atoms with Crippen LogP contribution in [-0.2, 0) is 11.3 Å². The van der Waals surface area contributed by atoms with Crippen LogP contribution >= 0.6 is 0 Å². The van der Waals surface area contributed by atoms with Crippen LogP contribution in [-0.4, -0.2) is 59.5 Å². The first-order valence-electron chi connectivity index (χ1n) is 8.84. The van der Waals surface area contributed by atoms with E-state index in [1.54, 1.807) is 0 Å². The van der Waals surface area contributed by atoms with Gasteiger partial charge < -0.3 is 4.90 Å². The maximum atomic E-state index is 12.6. The number of anilines is 1. The molecule has 2 aliphatic heterocycles. The molecule has 130 valence electrons. The Morgan fingerprint density at radius 1 is 1.08 bits per heavy atom. The van der Waals surface area contributed by atoms with Gasteiger partial charge in [0.25, 0.3) is 0 Å². The molecule has 0 saturated carbocycles. The van der Waals surface area contributed by atoms with Gasteiger partial charge in [0.1, 0.15) is 0 Å². The van der Waals surface area contributed by atoms with Crippen LogP contribution in [0.2, 0.25) is 0 Å². The van der Waals surface area contributed by atoms with Crippen molar-refractivity contribution in [3.05, 3.63) is 60.4 Å². The minimum Gasteiger partial charge on any atom is -0.309 e. The second-order valence-electron chi connectivity index (χ2n) is 7.21. The lowest BCUT2D eigenvalue weighted by Crippen LogP contribution is -2.64. The van der Waals surface area contributed by atoms with Gasteiger partial charge in [-0.25, -0.2) is 0 Å². The van der Waals surface area contributed by atoms with E-state index < -0.39 is 0 Å². The quantitative estimate of drug-likeness (QED) is 0.860. The summed E-state index contributed by atoms with van der Waals surface area (Å²) in [6.45, 7) is 4.24. The Bertz CT molecular complexity index is 736. The highest BCUT2D eigenvalue weighted by molar-refractivity contribution is 5.96. The molecule has 1 atom stereocenters. The van der Waals surface area contributed by atoms with E-state index in [1.807, 2.05) is 47.6 Å². The van der Waals surface area contributed by atoms with Gasteiger partial charge in [0, 0.05) is 44.3 Å². The smallest absolute Gasteiger partial charge is 0.241 e. The van der Waals surface area contributed by atoms with Crippen LogP contribution in [0, 0.1) is 0 Å². The molecular weight excluding hydrogens is 312 g/mol. The van der Waals surface area contributed by atoms with Crippen LogP contribution in [0.25, 0.3) is 0 Å². The molecule has 2 aromatic rings.